The van der Waals surface area contributed by atoms with Crippen molar-refractivity contribution in [3.8, 4) is 16.5 Å². The molecule has 1 saturated heterocycles. The monoisotopic (exact) mass is 456 g/mol. The van der Waals surface area contributed by atoms with Gasteiger partial charge in [0.25, 0.3) is 0 Å². The molecule has 1 N–H and O–H groups in total. The normalized spacial score (nSPS) is 23.1. The van der Waals surface area contributed by atoms with Crippen molar-refractivity contribution in [2.75, 3.05) is 23.3 Å². The molecule has 0 radical (unpaired) electrons. The molecule has 2 aliphatic rings. The minimum absolute atomic E-state index is 0.527. The van der Waals surface area contributed by atoms with Crippen LogP contribution in [-0.2, 0) is 0 Å². The summed E-state index contributed by atoms with van der Waals surface area (Å²) in [5, 5.41) is 14.0. The Hall–Kier alpha value is -2.84. The minimum Gasteiger partial charge on any atom is -0.371 e. The molecule has 170 valence electrons. The number of aromatic nitrogens is 1. The fourth-order valence-electron chi connectivity index (χ4n) is 5.58. The number of nitrogens with one attached hydrogen (secondary N) is 1. The van der Waals surface area contributed by atoms with Crippen LogP contribution < -0.4 is 10.2 Å². The molecule has 4 nitrogen and oxygen atoms in total. The molecule has 5 rings (SSSR count). The van der Waals surface area contributed by atoms with Crippen LogP contribution in [-0.4, -0.2) is 24.1 Å². The number of anilines is 2. The summed E-state index contributed by atoms with van der Waals surface area (Å²) in [6.07, 6.45) is 11.1. The number of nitrogens with zero attached hydrogens (tertiary/aromatic N) is 3. The van der Waals surface area contributed by atoms with Gasteiger partial charge < -0.3 is 10.2 Å². The van der Waals surface area contributed by atoms with Gasteiger partial charge in [-0.05, 0) is 73.8 Å². The Morgan fingerprint density at radius 2 is 1.82 bits per heavy atom. The summed E-state index contributed by atoms with van der Waals surface area (Å²) in [5.41, 5.74) is 3.24. The molecule has 1 aliphatic heterocycles. The zero-order valence-corrected chi connectivity index (χ0v) is 19.9. The van der Waals surface area contributed by atoms with E-state index in [0.717, 1.165) is 29.7 Å². The molecule has 2 heterocycles. The molecule has 0 amide bonds. The predicted molar refractivity (Wildman–Crippen MR) is 138 cm³/mol. The van der Waals surface area contributed by atoms with Gasteiger partial charge in [-0.1, -0.05) is 54.5 Å². The van der Waals surface area contributed by atoms with E-state index in [9.17, 15) is 0 Å². The second-order valence-electron chi connectivity index (χ2n) is 9.54. The van der Waals surface area contributed by atoms with Gasteiger partial charge in [-0.15, -0.1) is 0 Å². The Labute approximate surface area is 201 Å². The van der Waals surface area contributed by atoms with E-state index in [1.165, 1.54) is 61.1 Å². The highest BCUT2D eigenvalue weighted by atomic mass is 32.1. The second-order valence-corrected chi connectivity index (χ2v) is 10.6. The van der Waals surface area contributed by atoms with Crippen LogP contribution in [0.4, 0.5) is 10.8 Å². The molecule has 3 aromatic rings. The molecule has 1 aliphatic carbocycles. The third-order valence-electron chi connectivity index (χ3n) is 7.30. The van der Waals surface area contributed by atoms with Gasteiger partial charge >= 0.3 is 0 Å². The second kappa shape index (κ2) is 10.4. The summed E-state index contributed by atoms with van der Waals surface area (Å²) in [6, 6.07) is 21.4. The smallest absolute Gasteiger partial charge is 0.183 e. The molecule has 5 heteroatoms. The van der Waals surface area contributed by atoms with E-state index in [1.54, 1.807) is 11.3 Å². The first kappa shape index (κ1) is 22.0. The predicted octanol–water partition coefficient (Wildman–Crippen LogP) is 6.96. The number of rotatable bonds is 6. The first-order valence-corrected chi connectivity index (χ1v) is 13.1. The summed E-state index contributed by atoms with van der Waals surface area (Å²) >= 11 is 1.78. The lowest BCUT2D eigenvalue weighted by Crippen LogP contribution is -2.39. The number of hydrogen-bond donors (Lipinski definition) is 1. The van der Waals surface area contributed by atoms with E-state index >= 15 is 0 Å². The van der Waals surface area contributed by atoms with Gasteiger partial charge in [-0.2, -0.15) is 5.26 Å². The lowest BCUT2D eigenvalue weighted by atomic mass is 9.77. The zero-order chi connectivity index (χ0) is 22.5. The molecule has 0 spiro atoms. The Morgan fingerprint density at radius 3 is 2.64 bits per heavy atom. The third kappa shape index (κ3) is 5.39. The number of benzene rings is 2. The maximum Gasteiger partial charge on any atom is 0.183 e. The summed E-state index contributed by atoms with van der Waals surface area (Å²) < 4.78 is 0. The number of thiazole rings is 1. The van der Waals surface area contributed by atoms with Gasteiger partial charge in [0.1, 0.15) is 0 Å². The van der Waals surface area contributed by atoms with Crippen LogP contribution in [0.2, 0.25) is 0 Å². The fourth-order valence-corrected chi connectivity index (χ4v) is 6.47. The molecule has 2 fully saturated rings. The van der Waals surface area contributed by atoms with Crippen molar-refractivity contribution >= 4 is 22.2 Å². The minimum atomic E-state index is 0.527. The van der Waals surface area contributed by atoms with E-state index in [2.05, 4.69) is 58.8 Å². The molecule has 33 heavy (non-hydrogen) atoms. The van der Waals surface area contributed by atoms with Crippen molar-refractivity contribution in [3.63, 3.8) is 0 Å². The maximum absolute atomic E-state index is 9.08. The van der Waals surface area contributed by atoms with E-state index in [-0.39, 0.29) is 0 Å². The lowest BCUT2D eigenvalue weighted by molar-refractivity contribution is 0.247. The standard InChI is InChI=1S/C28H32N4S/c29-18-21-12-14-25(15-13-21)32-16-6-7-22(20-32)17-24-10-4-5-11-26(24)31-28-30-19-27(33-28)23-8-2-1-3-9-23/h1-3,8-9,12-15,19,22,24,26H,4-7,10-11,16-17,20H2,(H,30,31)/t22-,24+,26-/m1/s1. The van der Waals surface area contributed by atoms with Crippen molar-refractivity contribution in [1.29, 1.82) is 5.26 Å². The van der Waals surface area contributed by atoms with Crippen LogP contribution in [0.1, 0.15) is 50.5 Å². The van der Waals surface area contributed by atoms with Gasteiger partial charge in [0.15, 0.2) is 5.13 Å². The van der Waals surface area contributed by atoms with Crippen LogP contribution in [0.15, 0.2) is 60.8 Å². The van der Waals surface area contributed by atoms with Crippen LogP contribution in [0, 0.1) is 23.2 Å². The summed E-state index contributed by atoms with van der Waals surface area (Å²) in [5.74, 6) is 1.45. The Morgan fingerprint density at radius 1 is 1.00 bits per heavy atom. The molecule has 1 aromatic heterocycles. The summed E-state index contributed by atoms with van der Waals surface area (Å²) in [7, 11) is 0. The molecule has 2 aromatic carbocycles. The zero-order valence-electron chi connectivity index (χ0n) is 19.1. The van der Waals surface area contributed by atoms with E-state index in [4.69, 9.17) is 10.2 Å². The van der Waals surface area contributed by atoms with Crippen molar-refractivity contribution in [2.45, 2.75) is 51.0 Å². The first-order valence-electron chi connectivity index (χ1n) is 12.3. The molecule has 3 atom stereocenters. The molecule has 1 saturated carbocycles. The summed E-state index contributed by atoms with van der Waals surface area (Å²) in [6.45, 7) is 2.25. The number of nitriles is 1. The largest absolute Gasteiger partial charge is 0.371 e. The number of piperidine rings is 1. The highest BCUT2D eigenvalue weighted by Gasteiger charge is 2.30. The van der Waals surface area contributed by atoms with Crippen LogP contribution in [0.25, 0.3) is 10.4 Å². The lowest BCUT2D eigenvalue weighted by Gasteiger charge is -2.39. The van der Waals surface area contributed by atoms with Crippen molar-refractivity contribution in [3.05, 3.63) is 66.4 Å². The third-order valence-corrected chi connectivity index (χ3v) is 8.28. The molecular formula is C28H32N4S. The number of hydrogen-bond acceptors (Lipinski definition) is 5. The highest BCUT2D eigenvalue weighted by molar-refractivity contribution is 7.18. The van der Waals surface area contributed by atoms with Crippen molar-refractivity contribution < 1.29 is 0 Å². The van der Waals surface area contributed by atoms with Crippen molar-refractivity contribution in [1.82, 2.24) is 4.98 Å². The van der Waals surface area contributed by atoms with E-state index in [0.29, 0.717) is 12.0 Å². The SMILES string of the molecule is N#Cc1ccc(N2CCC[C@H](C[C@@H]3CCCC[C@H]3Nc3ncc(-c4ccccc4)s3)C2)cc1. The van der Waals surface area contributed by atoms with Crippen molar-refractivity contribution in [2.24, 2.45) is 11.8 Å². The Kier molecular flexibility index (Phi) is 6.92. The Bertz CT molecular complexity index is 1070. The van der Waals surface area contributed by atoms with Crippen LogP contribution in [0.3, 0.4) is 0 Å². The molecule has 0 bridgehead atoms. The van der Waals surface area contributed by atoms with E-state index < -0.39 is 0 Å². The van der Waals surface area contributed by atoms with Gasteiger partial charge in [0, 0.05) is 31.0 Å². The van der Waals surface area contributed by atoms with Gasteiger partial charge in [0.05, 0.1) is 16.5 Å². The van der Waals surface area contributed by atoms with Gasteiger partial charge in [-0.25, -0.2) is 4.98 Å². The van der Waals surface area contributed by atoms with Crippen LogP contribution >= 0.6 is 11.3 Å². The van der Waals surface area contributed by atoms with E-state index in [1.807, 2.05) is 18.3 Å². The average Bonchev–Trinajstić information content (AvgIpc) is 3.35. The summed E-state index contributed by atoms with van der Waals surface area (Å²) in [4.78, 5) is 8.46. The first-order chi connectivity index (χ1) is 16.3. The topological polar surface area (TPSA) is 52.0 Å². The highest BCUT2D eigenvalue weighted by Crippen LogP contribution is 2.37. The Balaban J connectivity index is 1.22. The quantitative estimate of drug-likeness (QED) is 0.436. The maximum atomic E-state index is 9.08. The van der Waals surface area contributed by atoms with Crippen LogP contribution in [0.5, 0.6) is 0 Å². The van der Waals surface area contributed by atoms with Gasteiger partial charge in [-0.3, -0.25) is 0 Å². The van der Waals surface area contributed by atoms with Gasteiger partial charge in [0.2, 0.25) is 0 Å². The molecular weight excluding hydrogens is 424 g/mol. The molecule has 0 unspecified atom stereocenters. The average molecular weight is 457 g/mol. The fraction of sp³-hybridized carbons (Fsp3) is 0.429.